The van der Waals surface area contributed by atoms with Gasteiger partial charge in [0.25, 0.3) is 5.91 Å². The van der Waals surface area contributed by atoms with Crippen LogP contribution in [0.3, 0.4) is 0 Å². The van der Waals surface area contributed by atoms with Gasteiger partial charge in [-0.25, -0.2) is 0 Å². The smallest absolute Gasteiger partial charge is 0.253 e. The third-order valence-corrected chi connectivity index (χ3v) is 4.52. The molecule has 4 nitrogen and oxygen atoms in total. The first-order valence-electron chi connectivity index (χ1n) is 7.64. The van der Waals surface area contributed by atoms with Crippen molar-refractivity contribution in [2.75, 3.05) is 33.7 Å². The van der Waals surface area contributed by atoms with Gasteiger partial charge < -0.3 is 14.8 Å². The summed E-state index contributed by atoms with van der Waals surface area (Å²) in [6.45, 7) is 3.14. The van der Waals surface area contributed by atoms with Crippen molar-refractivity contribution in [2.45, 2.75) is 12.8 Å². The van der Waals surface area contributed by atoms with Crippen molar-refractivity contribution in [3.05, 3.63) is 36.0 Å². The number of aromatic nitrogens is 1. The molecule has 0 spiro atoms. The molecular formula is C17H23N3O. The molecule has 1 saturated heterocycles. The number of piperidine rings is 1. The SMILES string of the molecule is CN1CCC(CN(C)C(=O)c2ccc3[nH]ccc3c2)CC1. The number of H-pyrrole nitrogens is 1. The molecular weight excluding hydrogens is 262 g/mol. The monoisotopic (exact) mass is 285 g/mol. The van der Waals surface area contributed by atoms with Gasteiger partial charge in [0.05, 0.1) is 0 Å². The highest BCUT2D eigenvalue weighted by atomic mass is 16.2. The molecule has 0 radical (unpaired) electrons. The van der Waals surface area contributed by atoms with E-state index in [1.54, 1.807) is 0 Å². The minimum absolute atomic E-state index is 0.122. The van der Waals surface area contributed by atoms with Gasteiger partial charge in [-0.2, -0.15) is 0 Å². The first-order valence-corrected chi connectivity index (χ1v) is 7.64. The Morgan fingerprint density at radius 1 is 1.33 bits per heavy atom. The number of carbonyl (C=O) groups excluding carboxylic acids is 1. The number of carbonyl (C=O) groups is 1. The second-order valence-corrected chi connectivity index (χ2v) is 6.21. The molecule has 4 heteroatoms. The van der Waals surface area contributed by atoms with E-state index >= 15 is 0 Å². The molecule has 0 atom stereocenters. The normalized spacial score (nSPS) is 17.2. The van der Waals surface area contributed by atoms with E-state index in [2.05, 4.69) is 16.9 Å². The van der Waals surface area contributed by atoms with Crippen LogP contribution >= 0.6 is 0 Å². The summed E-state index contributed by atoms with van der Waals surface area (Å²) in [5.74, 6) is 0.753. The Kier molecular flexibility index (Phi) is 3.97. The van der Waals surface area contributed by atoms with Crippen molar-refractivity contribution >= 4 is 16.8 Å². The number of nitrogens with one attached hydrogen (secondary N) is 1. The summed E-state index contributed by atoms with van der Waals surface area (Å²) in [6.07, 6.45) is 4.27. The van der Waals surface area contributed by atoms with Gasteiger partial charge >= 0.3 is 0 Å². The van der Waals surface area contributed by atoms with Gasteiger partial charge in [0.15, 0.2) is 0 Å². The molecule has 1 aliphatic rings. The molecule has 112 valence electrons. The van der Waals surface area contributed by atoms with Crippen LogP contribution in [0, 0.1) is 5.92 Å². The molecule has 1 aromatic heterocycles. The molecule has 21 heavy (non-hydrogen) atoms. The molecule has 1 fully saturated rings. The Morgan fingerprint density at radius 2 is 2.10 bits per heavy atom. The number of aromatic amines is 1. The zero-order valence-electron chi connectivity index (χ0n) is 12.8. The standard InChI is InChI=1S/C17H23N3O/c1-19-9-6-13(7-10-19)12-20(2)17(21)15-3-4-16-14(11-15)5-8-18-16/h3-5,8,11,13,18H,6-7,9-10,12H2,1-2H3. The summed E-state index contributed by atoms with van der Waals surface area (Å²) in [7, 11) is 4.08. The van der Waals surface area contributed by atoms with Crippen LogP contribution < -0.4 is 0 Å². The van der Waals surface area contributed by atoms with Gasteiger partial charge in [0.2, 0.25) is 0 Å². The zero-order valence-corrected chi connectivity index (χ0v) is 12.8. The summed E-state index contributed by atoms with van der Waals surface area (Å²) in [6, 6.07) is 7.86. The summed E-state index contributed by atoms with van der Waals surface area (Å²) in [4.78, 5) is 19.9. The first-order chi connectivity index (χ1) is 10.1. The molecule has 0 saturated carbocycles. The molecule has 3 rings (SSSR count). The lowest BCUT2D eigenvalue weighted by atomic mass is 9.96. The van der Waals surface area contributed by atoms with Crippen LogP contribution in [-0.4, -0.2) is 54.4 Å². The molecule has 2 heterocycles. The molecule has 1 aromatic carbocycles. The van der Waals surface area contributed by atoms with Crippen molar-refractivity contribution in [3.8, 4) is 0 Å². The lowest BCUT2D eigenvalue weighted by molar-refractivity contribution is 0.0747. The van der Waals surface area contributed by atoms with Crippen LogP contribution in [0.4, 0.5) is 0 Å². The molecule has 0 aliphatic carbocycles. The maximum absolute atomic E-state index is 12.6. The number of benzene rings is 1. The zero-order chi connectivity index (χ0) is 14.8. The first kappa shape index (κ1) is 14.1. The van der Waals surface area contributed by atoms with Crippen LogP contribution in [0.2, 0.25) is 0 Å². The number of hydrogen-bond acceptors (Lipinski definition) is 2. The molecule has 1 aliphatic heterocycles. The third kappa shape index (κ3) is 3.10. The van der Waals surface area contributed by atoms with E-state index in [4.69, 9.17) is 0 Å². The molecule has 2 aromatic rings. The summed E-state index contributed by atoms with van der Waals surface area (Å²) in [5, 5.41) is 1.09. The number of fused-ring (bicyclic) bond motifs is 1. The fourth-order valence-corrected chi connectivity index (χ4v) is 3.12. The van der Waals surface area contributed by atoms with E-state index in [-0.39, 0.29) is 5.91 Å². The lowest BCUT2D eigenvalue weighted by Gasteiger charge is -2.31. The topological polar surface area (TPSA) is 39.3 Å². The van der Waals surface area contributed by atoms with E-state index in [1.165, 1.54) is 12.8 Å². The molecule has 0 unspecified atom stereocenters. The molecule has 1 amide bonds. The van der Waals surface area contributed by atoms with E-state index < -0.39 is 0 Å². The maximum Gasteiger partial charge on any atom is 0.253 e. The van der Waals surface area contributed by atoms with Crippen LogP contribution in [0.15, 0.2) is 30.5 Å². The van der Waals surface area contributed by atoms with E-state index in [0.717, 1.165) is 36.1 Å². The predicted molar refractivity (Wildman–Crippen MR) is 85.5 cm³/mol. The average molecular weight is 285 g/mol. The highest BCUT2D eigenvalue weighted by Gasteiger charge is 2.21. The highest BCUT2D eigenvalue weighted by Crippen LogP contribution is 2.19. The largest absolute Gasteiger partial charge is 0.361 e. The van der Waals surface area contributed by atoms with Gasteiger partial charge in [-0.05, 0) is 63.2 Å². The quantitative estimate of drug-likeness (QED) is 0.941. The Bertz CT molecular complexity index is 626. The fourth-order valence-electron chi connectivity index (χ4n) is 3.12. The summed E-state index contributed by atoms with van der Waals surface area (Å²) >= 11 is 0. The Morgan fingerprint density at radius 3 is 2.86 bits per heavy atom. The Balaban J connectivity index is 1.66. The Labute approximate surface area is 125 Å². The van der Waals surface area contributed by atoms with Crippen molar-refractivity contribution in [1.82, 2.24) is 14.8 Å². The van der Waals surface area contributed by atoms with Crippen molar-refractivity contribution in [2.24, 2.45) is 5.92 Å². The van der Waals surface area contributed by atoms with Crippen LogP contribution in [0.25, 0.3) is 10.9 Å². The fraction of sp³-hybridized carbons (Fsp3) is 0.471. The third-order valence-electron chi connectivity index (χ3n) is 4.52. The number of hydrogen-bond donors (Lipinski definition) is 1. The number of rotatable bonds is 3. The number of nitrogens with zero attached hydrogens (tertiary/aromatic N) is 2. The van der Waals surface area contributed by atoms with E-state index in [0.29, 0.717) is 5.92 Å². The van der Waals surface area contributed by atoms with Crippen molar-refractivity contribution in [1.29, 1.82) is 0 Å². The average Bonchev–Trinajstić information content (AvgIpc) is 2.96. The second-order valence-electron chi connectivity index (χ2n) is 6.21. The molecule has 0 bridgehead atoms. The Hall–Kier alpha value is -1.81. The van der Waals surface area contributed by atoms with E-state index in [9.17, 15) is 4.79 Å². The maximum atomic E-state index is 12.6. The van der Waals surface area contributed by atoms with Gasteiger partial charge in [0, 0.05) is 36.3 Å². The number of likely N-dealkylation sites (tertiary alicyclic amines) is 1. The van der Waals surface area contributed by atoms with Crippen LogP contribution in [-0.2, 0) is 0 Å². The van der Waals surface area contributed by atoms with Crippen LogP contribution in [0.5, 0.6) is 0 Å². The highest BCUT2D eigenvalue weighted by molar-refractivity contribution is 5.97. The van der Waals surface area contributed by atoms with Gasteiger partial charge in [-0.15, -0.1) is 0 Å². The minimum Gasteiger partial charge on any atom is -0.361 e. The minimum atomic E-state index is 0.122. The van der Waals surface area contributed by atoms with Gasteiger partial charge in [-0.3, -0.25) is 4.79 Å². The van der Waals surface area contributed by atoms with Gasteiger partial charge in [0.1, 0.15) is 0 Å². The lowest BCUT2D eigenvalue weighted by Crippen LogP contribution is -2.37. The number of amides is 1. The van der Waals surface area contributed by atoms with Crippen LogP contribution in [0.1, 0.15) is 23.2 Å². The van der Waals surface area contributed by atoms with Crippen molar-refractivity contribution in [3.63, 3.8) is 0 Å². The van der Waals surface area contributed by atoms with Crippen molar-refractivity contribution < 1.29 is 4.79 Å². The predicted octanol–water partition coefficient (Wildman–Crippen LogP) is 2.58. The van der Waals surface area contributed by atoms with E-state index in [1.807, 2.05) is 42.4 Å². The second kappa shape index (κ2) is 5.90. The summed E-state index contributed by atoms with van der Waals surface area (Å²) in [5.41, 5.74) is 1.85. The summed E-state index contributed by atoms with van der Waals surface area (Å²) < 4.78 is 0. The van der Waals surface area contributed by atoms with Gasteiger partial charge in [-0.1, -0.05) is 0 Å². The molecule has 1 N–H and O–H groups in total.